The predicted molar refractivity (Wildman–Crippen MR) is 80.9 cm³/mol. The maximum absolute atomic E-state index is 13.4. The molecule has 0 amide bonds. The molecule has 0 atom stereocenters. The molecule has 1 aromatic carbocycles. The summed E-state index contributed by atoms with van der Waals surface area (Å²) < 4.78 is 40.7. The van der Waals surface area contributed by atoms with E-state index < -0.39 is 15.8 Å². The van der Waals surface area contributed by atoms with Crippen molar-refractivity contribution in [2.75, 3.05) is 6.54 Å². The third kappa shape index (κ3) is 5.05. The van der Waals surface area contributed by atoms with Crippen LogP contribution in [-0.2, 0) is 16.6 Å². The minimum Gasteiger partial charge on any atom is -0.310 e. The van der Waals surface area contributed by atoms with Crippen molar-refractivity contribution in [1.29, 1.82) is 0 Å². The van der Waals surface area contributed by atoms with Gasteiger partial charge in [0.25, 0.3) is 0 Å². The Hall–Kier alpha value is -0.980. The van der Waals surface area contributed by atoms with Crippen LogP contribution in [0.25, 0.3) is 0 Å². The van der Waals surface area contributed by atoms with Crippen LogP contribution in [-0.4, -0.2) is 21.0 Å². The molecule has 0 radical (unpaired) electrons. The summed E-state index contributed by atoms with van der Waals surface area (Å²) in [6, 6.07) is 4.14. The second-order valence-electron chi connectivity index (χ2n) is 5.92. The lowest BCUT2D eigenvalue weighted by Gasteiger charge is -2.14. The molecule has 21 heavy (non-hydrogen) atoms. The topological polar surface area (TPSA) is 58.2 Å². The molecule has 1 fully saturated rings. The smallest absolute Gasteiger partial charge is 0.240 e. The molecule has 1 aliphatic rings. The van der Waals surface area contributed by atoms with Crippen LogP contribution in [0.15, 0.2) is 23.1 Å². The van der Waals surface area contributed by atoms with Crippen LogP contribution in [0.3, 0.4) is 0 Å². The predicted octanol–water partition coefficient (Wildman–Crippen LogP) is 2.40. The van der Waals surface area contributed by atoms with Crippen molar-refractivity contribution < 1.29 is 12.8 Å². The molecular weight excluding hydrogens is 291 g/mol. The fraction of sp³-hybridized carbons (Fsp3) is 0.600. The fourth-order valence-corrected chi connectivity index (χ4v) is 3.42. The van der Waals surface area contributed by atoms with Crippen LogP contribution in [0.5, 0.6) is 0 Å². The molecule has 6 heteroatoms. The summed E-state index contributed by atoms with van der Waals surface area (Å²) in [5.41, 5.74) is 0.587. The number of sulfonamides is 1. The molecule has 1 aromatic rings. The second-order valence-corrected chi connectivity index (χ2v) is 7.65. The monoisotopic (exact) mass is 314 g/mol. The van der Waals surface area contributed by atoms with Gasteiger partial charge in [0.2, 0.25) is 10.0 Å². The van der Waals surface area contributed by atoms with E-state index in [2.05, 4.69) is 10.0 Å². The normalized spacial score (nSPS) is 15.6. The Kier molecular flexibility index (Phi) is 5.35. The number of hydrogen-bond acceptors (Lipinski definition) is 3. The summed E-state index contributed by atoms with van der Waals surface area (Å²) in [5, 5.41) is 3.16. The van der Waals surface area contributed by atoms with E-state index in [1.165, 1.54) is 25.0 Å². The third-order valence-electron chi connectivity index (χ3n) is 3.56. The van der Waals surface area contributed by atoms with Gasteiger partial charge in [0, 0.05) is 19.1 Å². The molecule has 0 aliphatic heterocycles. The zero-order valence-electron chi connectivity index (χ0n) is 12.5. The summed E-state index contributed by atoms with van der Waals surface area (Å²) in [6.07, 6.45) is 3.23. The maximum atomic E-state index is 13.4. The lowest BCUT2D eigenvalue weighted by molar-refractivity contribution is 0.559. The SMILES string of the molecule is CC(C)NCc1ccc(F)cc1S(=O)(=O)NCCC1CC1. The second kappa shape index (κ2) is 6.85. The molecule has 0 heterocycles. The largest absolute Gasteiger partial charge is 0.310 e. The fourth-order valence-electron chi connectivity index (χ4n) is 2.12. The van der Waals surface area contributed by atoms with E-state index in [1.807, 2.05) is 13.8 Å². The van der Waals surface area contributed by atoms with Crippen molar-refractivity contribution in [2.45, 2.75) is 50.6 Å². The van der Waals surface area contributed by atoms with Crippen molar-refractivity contribution >= 4 is 10.0 Å². The number of rotatable bonds is 8. The quantitative estimate of drug-likeness (QED) is 0.774. The molecule has 0 spiro atoms. The van der Waals surface area contributed by atoms with Gasteiger partial charge in [-0.3, -0.25) is 0 Å². The number of nitrogens with one attached hydrogen (secondary N) is 2. The zero-order valence-corrected chi connectivity index (χ0v) is 13.3. The van der Waals surface area contributed by atoms with Crippen molar-refractivity contribution in [3.05, 3.63) is 29.6 Å². The van der Waals surface area contributed by atoms with Crippen molar-refractivity contribution in [2.24, 2.45) is 5.92 Å². The Morgan fingerprint density at radius 3 is 2.67 bits per heavy atom. The Morgan fingerprint density at radius 2 is 2.05 bits per heavy atom. The molecule has 0 unspecified atom stereocenters. The Labute approximate surface area is 126 Å². The van der Waals surface area contributed by atoms with Gasteiger partial charge in [0.1, 0.15) is 5.82 Å². The van der Waals surface area contributed by atoms with Crippen LogP contribution < -0.4 is 10.0 Å². The zero-order chi connectivity index (χ0) is 15.5. The number of halogens is 1. The van der Waals surface area contributed by atoms with Crippen molar-refractivity contribution in [3.8, 4) is 0 Å². The van der Waals surface area contributed by atoms with Gasteiger partial charge >= 0.3 is 0 Å². The van der Waals surface area contributed by atoms with E-state index in [9.17, 15) is 12.8 Å². The first-order chi connectivity index (χ1) is 9.88. The highest BCUT2D eigenvalue weighted by molar-refractivity contribution is 7.89. The highest BCUT2D eigenvalue weighted by atomic mass is 32.2. The third-order valence-corrected chi connectivity index (χ3v) is 5.10. The molecule has 0 bridgehead atoms. The molecule has 118 valence electrons. The average Bonchev–Trinajstić information content (AvgIpc) is 3.21. The van der Waals surface area contributed by atoms with E-state index >= 15 is 0 Å². The van der Waals surface area contributed by atoms with E-state index in [-0.39, 0.29) is 10.9 Å². The van der Waals surface area contributed by atoms with Gasteiger partial charge in [-0.25, -0.2) is 17.5 Å². The standard InChI is InChI=1S/C15H23FN2O2S/c1-11(2)17-10-13-5-6-14(16)9-15(13)21(19,20)18-8-7-12-3-4-12/h5-6,9,11-12,17-18H,3-4,7-8,10H2,1-2H3. The molecule has 0 aromatic heterocycles. The van der Waals surface area contributed by atoms with Crippen LogP contribution in [0.1, 0.15) is 38.7 Å². The van der Waals surface area contributed by atoms with Gasteiger partial charge in [-0.05, 0) is 30.0 Å². The van der Waals surface area contributed by atoms with Gasteiger partial charge in [-0.15, -0.1) is 0 Å². The van der Waals surface area contributed by atoms with Crippen LogP contribution >= 0.6 is 0 Å². The molecule has 2 rings (SSSR count). The van der Waals surface area contributed by atoms with Crippen LogP contribution in [0.4, 0.5) is 4.39 Å². The maximum Gasteiger partial charge on any atom is 0.240 e. The first-order valence-corrected chi connectivity index (χ1v) is 8.88. The summed E-state index contributed by atoms with van der Waals surface area (Å²) in [6.45, 7) is 4.77. The van der Waals surface area contributed by atoms with Crippen LogP contribution in [0, 0.1) is 11.7 Å². The lowest BCUT2D eigenvalue weighted by Crippen LogP contribution is -2.28. The highest BCUT2D eigenvalue weighted by Crippen LogP contribution is 2.31. The number of benzene rings is 1. The van der Waals surface area contributed by atoms with Gasteiger partial charge < -0.3 is 5.32 Å². The Bertz CT molecular complexity index is 583. The van der Waals surface area contributed by atoms with Crippen molar-refractivity contribution in [1.82, 2.24) is 10.0 Å². The van der Waals surface area contributed by atoms with Crippen molar-refractivity contribution in [3.63, 3.8) is 0 Å². The van der Waals surface area contributed by atoms with Gasteiger partial charge in [-0.1, -0.05) is 32.8 Å². The molecule has 1 saturated carbocycles. The molecule has 0 saturated heterocycles. The summed E-state index contributed by atoms with van der Waals surface area (Å²) >= 11 is 0. The molecule has 1 aliphatic carbocycles. The van der Waals surface area contributed by atoms with E-state index in [0.717, 1.165) is 12.5 Å². The first-order valence-electron chi connectivity index (χ1n) is 7.40. The minimum atomic E-state index is -3.66. The summed E-state index contributed by atoms with van der Waals surface area (Å²) in [7, 11) is -3.66. The van der Waals surface area contributed by atoms with Gasteiger partial charge in [0.15, 0.2) is 0 Å². The summed E-state index contributed by atoms with van der Waals surface area (Å²) in [5.74, 6) is 0.119. The van der Waals surface area contributed by atoms with Gasteiger partial charge in [-0.2, -0.15) is 0 Å². The van der Waals surface area contributed by atoms with E-state index in [0.29, 0.717) is 24.6 Å². The average molecular weight is 314 g/mol. The minimum absolute atomic E-state index is 0.0337. The molecule has 4 nitrogen and oxygen atoms in total. The number of hydrogen-bond donors (Lipinski definition) is 2. The molecule has 2 N–H and O–H groups in total. The van der Waals surface area contributed by atoms with Crippen LogP contribution in [0.2, 0.25) is 0 Å². The van der Waals surface area contributed by atoms with E-state index in [4.69, 9.17) is 0 Å². The highest BCUT2D eigenvalue weighted by Gasteiger charge is 2.23. The summed E-state index contributed by atoms with van der Waals surface area (Å²) in [4.78, 5) is 0.0337. The first kappa shape index (κ1) is 16.4. The van der Waals surface area contributed by atoms with Gasteiger partial charge in [0.05, 0.1) is 4.90 Å². The molecular formula is C15H23FN2O2S. The lowest BCUT2D eigenvalue weighted by atomic mass is 10.2. The Balaban J connectivity index is 2.12. The Morgan fingerprint density at radius 1 is 1.33 bits per heavy atom. The van der Waals surface area contributed by atoms with E-state index in [1.54, 1.807) is 0 Å².